The summed E-state index contributed by atoms with van der Waals surface area (Å²) in [5.74, 6) is 1.98. The predicted molar refractivity (Wildman–Crippen MR) is 78.4 cm³/mol. The number of nitrogens with two attached hydrogens (primary N) is 1. The predicted octanol–water partition coefficient (Wildman–Crippen LogP) is 3.11. The Morgan fingerprint density at radius 1 is 1.32 bits per heavy atom. The number of nitrogens with zero attached hydrogens (tertiary/aromatic N) is 2. The van der Waals surface area contributed by atoms with Gasteiger partial charge in [-0.3, -0.25) is 4.68 Å². The SMILES string of the molecule is COc1ccc(C(C)C)cc1-c1nn(C)c(N)c1C. The van der Waals surface area contributed by atoms with Gasteiger partial charge in [-0.15, -0.1) is 0 Å². The summed E-state index contributed by atoms with van der Waals surface area (Å²) in [5.41, 5.74) is 10.1. The molecular formula is C15H21N3O. The molecule has 19 heavy (non-hydrogen) atoms. The average molecular weight is 259 g/mol. The molecule has 4 heteroatoms. The maximum absolute atomic E-state index is 5.99. The fourth-order valence-electron chi connectivity index (χ4n) is 2.17. The summed E-state index contributed by atoms with van der Waals surface area (Å²) < 4.78 is 7.15. The molecule has 0 aliphatic carbocycles. The Labute approximate surface area is 114 Å². The second kappa shape index (κ2) is 4.96. The van der Waals surface area contributed by atoms with Crippen molar-refractivity contribution in [1.29, 1.82) is 0 Å². The lowest BCUT2D eigenvalue weighted by molar-refractivity contribution is 0.416. The Balaban J connectivity index is 2.65. The molecule has 0 fully saturated rings. The molecule has 0 bridgehead atoms. The molecule has 1 heterocycles. The Kier molecular flexibility index (Phi) is 3.51. The highest BCUT2D eigenvalue weighted by molar-refractivity contribution is 5.74. The maximum Gasteiger partial charge on any atom is 0.128 e. The molecule has 0 radical (unpaired) electrons. The lowest BCUT2D eigenvalue weighted by Gasteiger charge is -2.12. The van der Waals surface area contributed by atoms with Crippen molar-refractivity contribution in [1.82, 2.24) is 9.78 Å². The largest absolute Gasteiger partial charge is 0.496 e. The fraction of sp³-hybridized carbons (Fsp3) is 0.400. The summed E-state index contributed by atoms with van der Waals surface area (Å²) in [5, 5.41) is 4.50. The molecule has 2 aromatic rings. The lowest BCUT2D eigenvalue weighted by Crippen LogP contribution is -1.97. The summed E-state index contributed by atoms with van der Waals surface area (Å²) in [6, 6.07) is 6.22. The van der Waals surface area contributed by atoms with Gasteiger partial charge in [-0.1, -0.05) is 19.9 Å². The highest BCUT2D eigenvalue weighted by atomic mass is 16.5. The average Bonchev–Trinajstić information content (AvgIpc) is 2.65. The Hall–Kier alpha value is -1.97. The van der Waals surface area contributed by atoms with E-state index >= 15 is 0 Å². The number of aryl methyl sites for hydroxylation is 1. The van der Waals surface area contributed by atoms with Crippen molar-refractivity contribution in [3.05, 3.63) is 29.3 Å². The first-order valence-electron chi connectivity index (χ1n) is 6.43. The first-order chi connectivity index (χ1) is 8.95. The van der Waals surface area contributed by atoms with Gasteiger partial charge in [0.1, 0.15) is 17.3 Å². The van der Waals surface area contributed by atoms with E-state index in [1.54, 1.807) is 11.8 Å². The highest BCUT2D eigenvalue weighted by Crippen LogP contribution is 2.35. The van der Waals surface area contributed by atoms with Crippen molar-refractivity contribution in [2.75, 3.05) is 12.8 Å². The molecule has 0 atom stereocenters. The first kappa shape index (κ1) is 13.5. The molecule has 0 aliphatic rings. The van der Waals surface area contributed by atoms with Gasteiger partial charge < -0.3 is 10.5 Å². The fourth-order valence-corrected chi connectivity index (χ4v) is 2.17. The van der Waals surface area contributed by atoms with Crippen molar-refractivity contribution in [3.63, 3.8) is 0 Å². The molecule has 4 nitrogen and oxygen atoms in total. The topological polar surface area (TPSA) is 53.1 Å². The molecule has 2 N–H and O–H groups in total. The van der Waals surface area contributed by atoms with Crippen LogP contribution in [0.5, 0.6) is 5.75 Å². The zero-order chi connectivity index (χ0) is 14.2. The van der Waals surface area contributed by atoms with Gasteiger partial charge in [-0.25, -0.2) is 0 Å². The number of methoxy groups -OCH3 is 1. The van der Waals surface area contributed by atoms with Crippen LogP contribution in [-0.4, -0.2) is 16.9 Å². The molecule has 0 aliphatic heterocycles. The van der Waals surface area contributed by atoms with Crippen molar-refractivity contribution in [3.8, 4) is 17.0 Å². The molecule has 0 spiro atoms. The monoisotopic (exact) mass is 259 g/mol. The second-order valence-corrected chi connectivity index (χ2v) is 5.10. The number of ether oxygens (including phenoxy) is 1. The van der Waals surface area contributed by atoms with E-state index in [0.717, 1.165) is 22.6 Å². The molecule has 0 amide bonds. The van der Waals surface area contributed by atoms with Gasteiger partial charge in [0.05, 0.1) is 7.11 Å². The van der Waals surface area contributed by atoms with Gasteiger partial charge in [0.15, 0.2) is 0 Å². The zero-order valence-corrected chi connectivity index (χ0v) is 12.2. The summed E-state index contributed by atoms with van der Waals surface area (Å²) in [7, 11) is 3.53. The Bertz CT molecular complexity index is 600. The van der Waals surface area contributed by atoms with Crippen molar-refractivity contribution >= 4 is 5.82 Å². The minimum Gasteiger partial charge on any atom is -0.496 e. The molecule has 102 valence electrons. The molecule has 0 saturated heterocycles. The van der Waals surface area contributed by atoms with Crippen LogP contribution in [0.4, 0.5) is 5.82 Å². The first-order valence-corrected chi connectivity index (χ1v) is 6.43. The van der Waals surface area contributed by atoms with Gasteiger partial charge >= 0.3 is 0 Å². The molecule has 1 aromatic carbocycles. The maximum atomic E-state index is 5.99. The number of hydrogen-bond donors (Lipinski definition) is 1. The minimum absolute atomic E-state index is 0.464. The zero-order valence-electron chi connectivity index (χ0n) is 12.2. The summed E-state index contributed by atoms with van der Waals surface area (Å²) in [6.45, 7) is 6.33. The van der Waals surface area contributed by atoms with Crippen LogP contribution in [0.1, 0.15) is 30.9 Å². The van der Waals surface area contributed by atoms with Gasteiger partial charge in [0, 0.05) is 18.2 Å². The van der Waals surface area contributed by atoms with Crippen LogP contribution in [0, 0.1) is 6.92 Å². The molecule has 0 unspecified atom stereocenters. The Morgan fingerprint density at radius 3 is 2.47 bits per heavy atom. The molecule has 0 saturated carbocycles. The normalized spacial score (nSPS) is 11.1. The summed E-state index contributed by atoms with van der Waals surface area (Å²) in [6.07, 6.45) is 0. The van der Waals surface area contributed by atoms with Gasteiger partial charge in [-0.05, 0) is 30.5 Å². The van der Waals surface area contributed by atoms with E-state index in [9.17, 15) is 0 Å². The van der Waals surface area contributed by atoms with Crippen LogP contribution in [0.15, 0.2) is 18.2 Å². The van der Waals surface area contributed by atoms with Crippen LogP contribution in [0.2, 0.25) is 0 Å². The van der Waals surface area contributed by atoms with E-state index in [1.165, 1.54) is 5.56 Å². The standard InChI is InChI=1S/C15H21N3O/c1-9(2)11-6-7-13(19-5)12(8-11)14-10(3)15(16)18(4)17-14/h6-9H,16H2,1-5H3. The molecule has 2 rings (SSSR count). The number of rotatable bonds is 3. The van der Waals surface area contributed by atoms with Crippen LogP contribution < -0.4 is 10.5 Å². The van der Waals surface area contributed by atoms with E-state index in [1.807, 2.05) is 20.0 Å². The number of hydrogen-bond acceptors (Lipinski definition) is 3. The van der Waals surface area contributed by atoms with E-state index in [4.69, 9.17) is 10.5 Å². The third-order valence-corrected chi connectivity index (χ3v) is 3.48. The summed E-state index contributed by atoms with van der Waals surface area (Å²) in [4.78, 5) is 0. The van der Waals surface area contributed by atoms with E-state index < -0.39 is 0 Å². The lowest BCUT2D eigenvalue weighted by atomic mass is 9.98. The van der Waals surface area contributed by atoms with Crippen LogP contribution in [-0.2, 0) is 7.05 Å². The number of aromatic nitrogens is 2. The Morgan fingerprint density at radius 2 is 2.00 bits per heavy atom. The van der Waals surface area contributed by atoms with Gasteiger partial charge in [0.2, 0.25) is 0 Å². The van der Waals surface area contributed by atoms with Gasteiger partial charge in [0.25, 0.3) is 0 Å². The van der Waals surface area contributed by atoms with E-state index in [2.05, 4.69) is 31.1 Å². The van der Waals surface area contributed by atoms with Crippen LogP contribution >= 0.6 is 0 Å². The summed E-state index contributed by atoms with van der Waals surface area (Å²) >= 11 is 0. The van der Waals surface area contributed by atoms with Crippen LogP contribution in [0.3, 0.4) is 0 Å². The van der Waals surface area contributed by atoms with Gasteiger partial charge in [-0.2, -0.15) is 5.10 Å². The van der Waals surface area contributed by atoms with E-state index in [-0.39, 0.29) is 0 Å². The van der Waals surface area contributed by atoms with Crippen molar-refractivity contribution < 1.29 is 4.74 Å². The van der Waals surface area contributed by atoms with Crippen molar-refractivity contribution in [2.24, 2.45) is 7.05 Å². The highest BCUT2D eigenvalue weighted by Gasteiger charge is 2.16. The quantitative estimate of drug-likeness (QED) is 0.921. The number of benzene rings is 1. The van der Waals surface area contributed by atoms with E-state index in [0.29, 0.717) is 11.7 Å². The molecular weight excluding hydrogens is 238 g/mol. The smallest absolute Gasteiger partial charge is 0.128 e. The minimum atomic E-state index is 0.464. The van der Waals surface area contributed by atoms with Crippen LogP contribution in [0.25, 0.3) is 11.3 Å². The number of nitrogen functional groups attached to an aromatic ring is 1. The second-order valence-electron chi connectivity index (χ2n) is 5.10. The third kappa shape index (κ3) is 2.30. The number of anilines is 1. The van der Waals surface area contributed by atoms with Crippen molar-refractivity contribution in [2.45, 2.75) is 26.7 Å². The third-order valence-electron chi connectivity index (χ3n) is 3.48. The molecule has 1 aromatic heterocycles.